The van der Waals surface area contributed by atoms with E-state index in [1.54, 1.807) is 24.3 Å². The van der Waals surface area contributed by atoms with E-state index in [1.807, 2.05) is 32.9 Å². The fraction of sp³-hybridized carbons (Fsp3) is 0.278. The second-order valence-corrected chi connectivity index (χ2v) is 8.41. The van der Waals surface area contributed by atoms with Gasteiger partial charge < -0.3 is 5.32 Å². The molecule has 25 heavy (non-hydrogen) atoms. The van der Waals surface area contributed by atoms with Crippen molar-refractivity contribution in [3.8, 4) is 0 Å². The minimum absolute atomic E-state index is 0.300. The average molecular weight is 381 g/mol. The van der Waals surface area contributed by atoms with Crippen molar-refractivity contribution in [2.75, 3.05) is 22.4 Å². The Labute approximate surface area is 153 Å². The van der Waals surface area contributed by atoms with Gasteiger partial charge in [-0.05, 0) is 61.7 Å². The fourth-order valence-corrected chi connectivity index (χ4v) is 3.59. The largest absolute Gasteiger partial charge is 0.324 e. The molecule has 1 N–H and O–H groups in total. The molecule has 0 aromatic heterocycles. The normalized spacial score (nSPS) is 11.2. The smallest absolute Gasteiger partial charge is 0.245 e. The lowest BCUT2D eigenvalue weighted by atomic mass is 10.1. The molecule has 0 aliphatic carbocycles. The number of anilines is 2. The van der Waals surface area contributed by atoms with E-state index in [0.717, 1.165) is 27.3 Å². The first kappa shape index (κ1) is 19.3. The van der Waals surface area contributed by atoms with E-state index in [0.29, 0.717) is 16.4 Å². The molecule has 0 aliphatic heterocycles. The number of aryl methyl sites for hydroxylation is 3. The SMILES string of the molecule is Cc1ccc(C)c(N(CC(=O)Nc2ccc(Cl)cc2C)S(C)(=O)=O)c1. The molecule has 0 saturated heterocycles. The van der Waals surface area contributed by atoms with Crippen molar-refractivity contribution >= 4 is 38.9 Å². The predicted octanol–water partition coefficient (Wildman–Crippen LogP) is 3.67. The van der Waals surface area contributed by atoms with Crippen LogP contribution in [0.25, 0.3) is 0 Å². The Morgan fingerprint density at radius 2 is 1.76 bits per heavy atom. The summed E-state index contributed by atoms with van der Waals surface area (Å²) in [6.07, 6.45) is 1.09. The number of carbonyl (C=O) groups is 1. The highest BCUT2D eigenvalue weighted by atomic mass is 35.5. The van der Waals surface area contributed by atoms with Gasteiger partial charge in [-0.25, -0.2) is 8.42 Å². The quantitative estimate of drug-likeness (QED) is 0.860. The fourth-order valence-electron chi connectivity index (χ4n) is 2.46. The Morgan fingerprint density at radius 1 is 1.08 bits per heavy atom. The molecule has 0 spiro atoms. The van der Waals surface area contributed by atoms with Crippen LogP contribution in [-0.4, -0.2) is 27.1 Å². The lowest BCUT2D eigenvalue weighted by Gasteiger charge is -2.24. The van der Waals surface area contributed by atoms with Gasteiger partial charge in [-0.3, -0.25) is 9.10 Å². The summed E-state index contributed by atoms with van der Waals surface area (Å²) in [5.74, 6) is -0.420. The zero-order valence-electron chi connectivity index (χ0n) is 14.6. The van der Waals surface area contributed by atoms with Crippen LogP contribution >= 0.6 is 11.6 Å². The Hall–Kier alpha value is -2.05. The molecule has 0 atom stereocenters. The molecule has 0 aliphatic rings. The van der Waals surface area contributed by atoms with Crippen molar-refractivity contribution in [3.05, 3.63) is 58.1 Å². The lowest BCUT2D eigenvalue weighted by molar-refractivity contribution is -0.114. The number of hydrogen-bond donors (Lipinski definition) is 1. The van der Waals surface area contributed by atoms with E-state index in [1.165, 1.54) is 0 Å². The van der Waals surface area contributed by atoms with Gasteiger partial charge in [0.05, 0.1) is 11.9 Å². The molecule has 0 fully saturated rings. The molecule has 0 unspecified atom stereocenters. The van der Waals surface area contributed by atoms with Crippen LogP contribution in [0.15, 0.2) is 36.4 Å². The highest BCUT2D eigenvalue weighted by Crippen LogP contribution is 2.24. The first-order chi connectivity index (χ1) is 11.6. The Morgan fingerprint density at radius 3 is 2.36 bits per heavy atom. The second kappa shape index (κ2) is 7.45. The molecule has 0 heterocycles. The van der Waals surface area contributed by atoms with Gasteiger partial charge in [0, 0.05) is 10.7 Å². The minimum Gasteiger partial charge on any atom is -0.324 e. The third kappa shape index (κ3) is 4.96. The standard InChI is InChI=1S/C18H21ClN2O3S/c1-12-5-6-13(2)17(9-12)21(25(4,23)24)11-18(22)20-16-8-7-15(19)10-14(16)3/h5-10H,11H2,1-4H3,(H,20,22). The summed E-state index contributed by atoms with van der Waals surface area (Å²) in [4.78, 5) is 12.4. The molecule has 0 bridgehead atoms. The van der Waals surface area contributed by atoms with Crippen LogP contribution in [0.4, 0.5) is 11.4 Å². The molecule has 134 valence electrons. The summed E-state index contributed by atoms with van der Waals surface area (Å²) in [6.45, 7) is 5.21. The maximum atomic E-state index is 12.4. The molecule has 5 nitrogen and oxygen atoms in total. The highest BCUT2D eigenvalue weighted by molar-refractivity contribution is 7.92. The van der Waals surface area contributed by atoms with Crippen LogP contribution in [0.2, 0.25) is 5.02 Å². The number of benzene rings is 2. The van der Waals surface area contributed by atoms with Crippen LogP contribution in [0.1, 0.15) is 16.7 Å². The van der Waals surface area contributed by atoms with E-state index in [-0.39, 0.29) is 6.54 Å². The van der Waals surface area contributed by atoms with Gasteiger partial charge in [0.15, 0.2) is 0 Å². The number of rotatable bonds is 5. The summed E-state index contributed by atoms with van der Waals surface area (Å²) < 4.78 is 25.6. The Kier molecular flexibility index (Phi) is 5.75. The molecule has 2 rings (SSSR count). The molecular weight excluding hydrogens is 360 g/mol. The monoisotopic (exact) mass is 380 g/mol. The number of amides is 1. The maximum absolute atomic E-state index is 12.4. The van der Waals surface area contributed by atoms with Crippen LogP contribution < -0.4 is 9.62 Å². The van der Waals surface area contributed by atoms with Gasteiger partial charge in [0.2, 0.25) is 15.9 Å². The molecule has 7 heteroatoms. The van der Waals surface area contributed by atoms with Crippen LogP contribution in [0.5, 0.6) is 0 Å². The number of halogens is 1. The number of nitrogens with one attached hydrogen (secondary N) is 1. The Balaban J connectivity index is 2.28. The van der Waals surface area contributed by atoms with Crippen LogP contribution in [0.3, 0.4) is 0 Å². The summed E-state index contributed by atoms with van der Waals surface area (Å²) in [5, 5.41) is 3.31. The zero-order chi connectivity index (χ0) is 18.8. The van der Waals surface area contributed by atoms with E-state index >= 15 is 0 Å². The second-order valence-electron chi connectivity index (χ2n) is 6.07. The molecule has 1 amide bonds. The first-order valence-electron chi connectivity index (χ1n) is 7.69. The van der Waals surface area contributed by atoms with Crippen molar-refractivity contribution in [2.45, 2.75) is 20.8 Å². The van der Waals surface area contributed by atoms with Crippen LogP contribution in [-0.2, 0) is 14.8 Å². The minimum atomic E-state index is -3.61. The average Bonchev–Trinajstić information content (AvgIpc) is 2.49. The van der Waals surface area contributed by atoms with Crippen LogP contribution in [0, 0.1) is 20.8 Å². The summed E-state index contributed by atoms with van der Waals surface area (Å²) in [6, 6.07) is 10.6. The van der Waals surface area contributed by atoms with Gasteiger partial charge in [0.25, 0.3) is 0 Å². The van der Waals surface area contributed by atoms with Gasteiger partial charge in [-0.15, -0.1) is 0 Å². The topological polar surface area (TPSA) is 66.5 Å². The lowest BCUT2D eigenvalue weighted by Crippen LogP contribution is -2.38. The summed E-state index contributed by atoms with van der Waals surface area (Å²) in [5.41, 5.74) is 3.61. The van der Waals surface area contributed by atoms with Crippen molar-refractivity contribution in [2.24, 2.45) is 0 Å². The van der Waals surface area contributed by atoms with Crippen molar-refractivity contribution in [1.29, 1.82) is 0 Å². The number of hydrogen-bond acceptors (Lipinski definition) is 3. The van der Waals surface area contributed by atoms with E-state index in [4.69, 9.17) is 11.6 Å². The Bertz CT molecular complexity index is 911. The third-order valence-electron chi connectivity index (χ3n) is 3.78. The summed E-state index contributed by atoms with van der Waals surface area (Å²) in [7, 11) is -3.61. The van der Waals surface area contributed by atoms with E-state index in [9.17, 15) is 13.2 Å². The summed E-state index contributed by atoms with van der Waals surface area (Å²) >= 11 is 5.91. The molecule has 2 aromatic carbocycles. The van der Waals surface area contributed by atoms with Crippen molar-refractivity contribution in [1.82, 2.24) is 0 Å². The maximum Gasteiger partial charge on any atom is 0.245 e. The van der Waals surface area contributed by atoms with Crippen molar-refractivity contribution < 1.29 is 13.2 Å². The zero-order valence-corrected chi connectivity index (χ0v) is 16.2. The first-order valence-corrected chi connectivity index (χ1v) is 9.91. The number of sulfonamides is 1. The van der Waals surface area contributed by atoms with Crippen molar-refractivity contribution in [3.63, 3.8) is 0 Å². The molecular formula is C18H21ClN2O3S. The third-order valence-corrected chi connectivity index (χ3v) is 5.14. The molecule has 0 radical (unpaired) electrons. The number of carbonyl (C=O) groups excluding carboxylic acids is 1. The van der Waals surface area contributed by atoms with E-state index < -0.39 is 15.9 Å². The van der Waals surface area contributed by atoms with Gasteiger partial charge >= 0.3 is 0 Å². The van der Waals surface area contributed by atoms with Gasteiger partial charge in [0.1, 0.15) is 6.54 Å². The van der Waals surface area contributed by atoms with Gasteiger partial charge in [-0.1, -0.05) is 23.7 Å². The van der Waals surface area contributed by atoms with E-state index in [2.05, 4.69) is 5.32 Å². The van der Waals surface area contributed by atoms with Gasteiger partial charge in [-0.2, -0.15) is 0 Å². The molecule has 0 saturated carbocycles. The molecule has 2 aromatic rings. The highest BCUT2D eigenvalue weighted by Gasteiger charge is 2.22. The predicted molar refractivity (Wildman–Crippen MR) is 103 cm³/mol. The number of nitrogens with zero attached hydrogens (tertiary/aromatic N) is 1.